The molecule has 0 saturated heterocycles. The summed E-state index contributed by atoms with van der Waals surface area (Å²) in [7, 11) is 0. The Morgan fingerprint density at radius 3 is 2.92 bits per heavy atom. The van der Waals surface area contributed by atoms with Gasteiger partial charge in [-0.15, -0.1) is 0 Å². The van der Waals surface area contributed by atoms with Gasteiger partial charge in [-0.2, -0.15) is 4.68 Å². The van der Waals surface area contributed by atoms with Gasteiger partial charge in [-0.1, -0.05) is 47.6 Å². The van der Waals surface area contributed by atoms with Crippen molar-refractivity contribution in [1.29, 1.82) is 0 Å². The molecule has 24 heavy (non-hydrogen) atoms. The number of carbonyl (C=O) groups excluding carboxylic acids is 1. The lowest BCUT2D eigenvalue weighted by molar-refractivity contribution is -0.116. The highest BCUT2D eigenvalue weighted by Gasteiger charge is 2.37. The van der Waals surface area contributed by atoms with Crippen molar-refractivity contribution in [3.8, 4) is 0 Å². The van der Waals surface area contributed by atoms with E-state index < -0.39 is 0 Å². The minimum atomic E-state index is -0.273. The highest BCUT2D eigenvalue weighted by atomic mass is 16.1. The predicted octanol–water partition coefficient (Wildman–Crippen LogP) is 2.85. The molecule has 1 N–H and O–H groups in total. The van der Waals surface area contributed by atoms with Crippen LogP contribution in [-0.2, 0) is 4.79 Å². The van der Waals surface area contributed by atoms with E-state index in [0.717, 1.165) is 40.4 Å². The van der Waals surface area contributed by atoms with Crippen LogP contribution in [-0.4, -0.2) is 26.0 Å². The van der Waals surface area contributed by atoms with Gasteiger partial charge in [-0.05, 0) is 39.6 Å². The number of benzene rings is 2. The second-order valence-corrected chi connectivity index (χ2v) is 6.21. The first-order valence-corrected chi connectivity index (χ1v) is 8.12. The third kappa shape index (κ3) is 1.83. The quantitative estimate of drug-likeness (QED) is 0.747. The van der Waals surface area contributed by atoms with E-state index in [1.807, 2.05) is 18.2 Å². The van der Waals surface area contributed by atoms with Gasteiger partial charge in [-0.3, -0.25) is 4.79 Å². The molecule has 2 aromatic carbocycles. The second-order valence-electron chi connectivity index (χ2n) is 6.21. The summed E-state index contributed by atoms with van der Waals surface area (Å²) in [5.41, 5.74) is 2.83. The zero-order chi connectivity index (χ0) is 16.1. The minimum Gasteiger partial charge on any atom is -0.326 e. The first-order chi connectivity index (χ1) is 11.8. The number of nitrogens with zero attached hydrogens (tertiary/aromatic N) is 4. The Hall–Kier alpha value is -3.02. The molecule has 0 saturated carbocycles. The van der Waals surface area contributed by atoms with E-state index in [2.05, 4.69) is 45.1 Å². The zero-order valence-electron chi connectivity index (χ0n) is 12.9. The Balaban J connectivity index is 1.81. The number of ketones is 1. The van der Waals surface area contributed by atoms with Gasteiger partial charge in [-0.25, -0.2) is 0 Å². The lowest BCUT2D eigenvalue weighted by Gasteiger charge is -2.32. The molecule has 2 aliphatic rings. The number of anilines is 1. The molecule has 1 unspecified atom stereocenters. The number of hydrogen-bond donors (Lipinski definition) is 1. The van der Waals surface area contributed by atoms with Crippen LogP contribution in [0, 0.1) is 0 Å². The highest BCUT2D eigenvalue weighted by Crippen LogP contribution is 2.41. The van der Waals surface area contributed by atoms with E-state index in [9.17, 15) is 4.79 Å². The normalized spacial score (nSPS) is 19.8. The van der Waals surface area contributed by atoms with Gasteiger partial charge in [0, 0.05) is 17.7 Å². The molecule has 1 aromatic heterocycles. The van der Waals surface area contributed by atoms with Crippen molar-refractivity contribution in [2.75, 3.05) is 5.32 Å². The molecule has 1 atom stereocenters. The van der Waals surface area contributed by atoms with Crippen molar-refractivity contribution in [2.24, 2.45) is 0 Å². The summed E-state index contributed by atoms with van der Waals surface area (Å²) in [4.78, 5) is 12.7. The molecule has 3 aromatic rings. The maximum Gasteiger partial charge on any atom is 0.248 e. The molecule has 0 amide bonds. The molecule has 118 valence electrons. The number of allylic oxidation sites excluding steroid dienone is 2. The van der Waals surface area contributed by atoms with Crippen molar-refractivity contribution >= 4 is 22.5 Å². The van der Waals surface area contributed by atoms with Gasteiger partial charge in [0.15, 0.2) is 5.78 Å². The lowest BCUT2D eigenvalue weighted by Crippen LogP contribution is -2.31. The topological polar surface area (TPSA) is 72.7 Å². The maximum atomic E-state index is 12.7. The third-order valence-electron chi connectivity index (χ3n) is 4.85. The fraction of sp³-hybridized carbons (Fsp3) is 0.222. The molecule has 0 spiro atoms. The van der Waals surface area contributed by atoms with Gasteiger partial charge in [0.1, 0.15) is 6.04 Å². The average molecular weight is 317 g/mol. The minimum absolute atomic E-state index is 0.183. The molecular weight excluding hydrogens is 302 g/mol. The lowest BCUT2D eigenvalue weighted by atomic mass is 9.84. The van der Waals surface area contributed by atoms with Crippen molar-refractivity contribution < 1.29 is 4.79 Å². The maximum absolute atomic E-state index is 12.7. The first kappa shape index (κ1) is 13.4. The Kier molecular flexibility index (Phi) is 2.79. The highest BCUT2D eigenvalue weighted by molar-refractivity contribution is 6.00. The Bertz CT molecular complexity index is 998. The van der Waals surface area contributed by atoms with E-state index in [1.54, 1.807) is 4.68 Å². The fourth-order valence-electron chi connectivity index (χ4n) is 3.79. The van der Waals surface area contributed by atoms with E-state index in [-0.39, 0.29) is 11.8 Å². The molecule has 6 heteroatoms. The molecular formula is C18H15N5O. The molecule has 1 aliphatic carbocycles. The zero-order valence-corrected chi connectivity index (χ0v) is 12.9. The number of tetrazole rings is 1. The molecule has 2 heterocycles. The van der Waals surface area contributed by atoms with Crippen molar-refractivity contribution in [1.82, 2.24) is 20.2 Å². The Morgan fingerprint density at radius 1 is 1.08 bits per heavy atom. The summed E-state index contributed by atoms with van der Waals surface area (Å²) < 4.78 is 1.73. The molecule has 0 radical (unpaired) electrons. The first-order valence-electron chi connectivity index (χ1n) is 8.12. The van der Waals surface area contributed by atoms with Gasteiger partial charge in [0.25, 0.3) is 0 Å². The number of aromatic nitrogens is 4. The Morgan fingerprint density at radius 2 is 1.96 bits per heavy atom. The molecule has 5 rings (SSSR count). The largest absolute Gasteiger partial charge is 0.326 e. The predicted molar refractivity (Wildman–Crippen MR) is 89.4 cm³/mol. The molecule has 0 fully saturated rings. The van der Waals surface area contributed by atoms with Crippen LogP contribution in [0.25, 0.3) is 10.8 Å². The van der Waals surface area contributed by atoms with Crippen LogP contribution in [0.5, 0.6) is 0 Å². The standard InChI is InChI=1S/C18H15N5O/c24-15-10-4-9-14-16(15)17(23-18(19-14)20-21-22-23)13-8-3-6-11-5-1-2-7-12(11)13/h1-3,5-8,17H,4,9-10H2,(H,19,20,22). The fourth-order valence-corrected chi connectivity index (χ4v) is 3.79. The van der Waals surface area contributed by atoms with Crippen LogP contribution < -0.4 is 5.32 Å². The summed E-state index contributed by atoms with van der Waals surface area (Å²) in [5.74, 6) is 0.782. The Labute approximate surface area is 138 Å². The van der Waals surface area contributed by atoms with E-state index in [4.69, 9.17) is 0 Å². The van der Waals surface area contributed by atoms with Gasteiger partial charge >= 0.3 is 0 Å². The number of Topliss-reactive ketones (excluding diaryl/α,β-unsaturated/α-hetero) is 1. The summed E-state index contributed by atoms with van der Waals surface area (Å²) >= 11 is 0. The SMILES string of the molecule is O=C1CCCC2=C1C(c1cccc3ccccc13)n1nnnc1N2. The smallest absolute Gasteiger partial charge is 0.248 e. The molecule has 0 bridgehead atoms. The van der Waals surface area contributed by atoms with Crippen molar-refractivity contribution in [3.63, 3.8) is 0 Å². The third-order valence-corrected chi connectivity index (χ3v) is 4.85. The molecule has 1 aliphatic heterocycles. The van der Waals surface area contributed by atoms with E-state index in [0.29, 0.717) is 12.4 Å². The molecule has 6 nitrogen and oxygen atoms in total. The summed E-state index contributed by atoms with van der Waals surface area (Å²) in [5, 5.41) is 17.5. The van der Waals surface area contributed by atoms with Gasteiger partial charge < -0.3 is 5.32 Å². The number of fused-ring (bicyclic) bond motifs is 2. The number of nitrogens with one attached hydrogen (secondary N) is 1. The summed E-state index contributed by atoms with van der Waals surface area (Å²) in [6.07, 6.45) is 2.31. The van der Waals surface area contributed by atoms with Crippen LogP contribution >= 0.6 is 0 Å². The van der Waals surface area contributed by atoms with Crippen molar-refractivity contribution in [2.45, 2.75) is 25.3 Å². The number of rotatable bonds is 1. The van der Waals surface area contributed by atoms with Crippen LogP contribution in [0.15, 0.2) is 53.7 Å². The van der Waals surface area contributed by atoms with Crippen LogP contribution in [0.2, 0.25) is 0 Å². The van der Waals surface area contributed by atoms with Crippen molar-refractivity contribution in [3.05, 3.63) is 59.3 Å². The summed E-state index contributed by atoms with van der Waals surface area (Å²) in [6.45, 7) is 0. The van der Waals surface area contributed by atoms with E-state index in [1.165, 1.54) is 0 Å². The van der Waals surface area contributed by atoms with Crippen LogP contribution in [0.4, 0.5) is 5.95 Å². The van der Waals surface area contributed by atoms with Gasteiger partial charge in [0.2, 0.25) is 5.95 Å². The number of hydrogen-bond acceptors (Lipinski definition) is 5. The number of carbonyl (C=O) groups is 1. The van der Waals surface area contributed by atoms with E-state index >= 15 is 0 Å². The average Bonchev–Trinajstić information content (AvgIpc) is 3.08. The monoisotopic (exact) mass is 317 g/mol. The van der Waals surface area contributed by atoms with Gasteiger partial charge in [0.05, 0.1) is 0 Å². The van der Waals surface area contributed by atoms with Crippen LogP contribution in [0.3, 0.4) is 0 Å². The second kappa shape index (κ2) is 4.99. The summed E-state index contributed by atoms with van der Waals surface area (Å²) in [6, 6.07) is 14.1. The van der Waals surface area contributed by atoms with Crippen LogP contribution in [0.1, 0.15) is 30.9 Å².